The van der Waals surface area contributed by atoms with Crippen LogP contribution in [0.3, 0.4) is 0 Å². The number of nitrogens with zero attached hydrogens (tertiary/aromatic N) is 1. The van der Waals surface area contributed by atoms with E-state index >= 15 is 0 Å². The van der Waals surface area contributed by atoms with Crippen LogP contribution in [0.1, 0.15) is 18.2 Å². The summed E-state index contributed by atoms with van der Waals surface area (Å²) in [4.78, 5) is 0. The van der Waals surface area contributed by atoms with Crippen LogP contribution in [-0.2, 0) is 6.42 Å². The predicted molar refractivity (Wildman–Crippen MR) is 54.2 cm³/mol. The van der Waals surface area contributed by atoms with Gasteiger partial charge < -0.3 is 0 Å². The first-order valence-electron chi connectivity index (χ1n) is 4.44. The number of allylic oxidation sites excluding steroid dienone is 6. The Bertz CT molecular complexity index is 381. The van der Waals surface area contributed by atoms with Crippen molar-refractivity contribution in [3.63, 3.8) is 0 Å². The topological polar surface area (TPSA) is 28.7 Å². The Morgan fingerprint density at radius 3 is 3.23 bits per heavy atom. The maximum Gasteiger partial charge on any atom is 0.0682 e. The Morgan fingerprint density at radius 1 is 1.46 bits per heavy atom. The number of rotatable bonds is 2. The number of hydrogen-bond acceptors (Lipinski definition) is 1. The predicted octanol–water partition coefficient (Wildman–Crippen LogP) is 2.48. The zero-order chi connectivity index (χ0) is 9.10. The lowest BCUT2D eigenvalue weighted by molar-refractivity contribution is 1.08. The average Bonchev–Trinajstić information content (AvgIpc) is 2.68. The van der Waals surface area contributed by atoms with E-state index in [9.17, 15) is 0 Å². The summed E-state index contributed by atoms with van der Waals surface area (Å²) in [6.07, 6.45) is 13.3. The summed E-state index contributed by atoms with van der Waals surface area (Å²) in [7, 11) is 0. The van der Waals surface area contributed by atoms with Crippen LogP contribution >= 0.6 is 0 Å². The Hall–Kier alpha value is -1.57. The van der Waals surface area contributed by atoms with Gasteiger partial charge in [0, 0.05) is 5.56 Å². The Balaban J connectivity index is 2.20. The molecule has 2 rings (SSSR count). The fraction of sp³-hybridized carbons (Fsp3) is 0.182. The third-order valence-corrected chi connectivity index (χ3v) is 2.13. The molecule has 1 N–H and O–H groups in total. The van der Waals surface area contributed by atoms with Crippen molar-refractivity contribution in [2.75, 3.05) is 0 Å². The van der Waals surface area contributed by atoms with Gasteiger partial charge in [0.1, 0.15) is 0 Å². The van der Waals surface area contributed by atoms with Crippen molar-refractivity contribution in [2.24, 2.45) is 0 Å². The largest absolute Gasteiger partial charge is 0.278 e. The molecular weight excluding hydrogens is 160 g/mol. The molecule has 0 unspecified atom stereocenters. The zero-order valence-corrected chi connectivity index (χ0v) is 7.62. The molecule has 1 aromatic rings. The molecule has 0 saturated heterocycles. The van der Waals surface area contributed by atoms with E-state index < -0.39 is 0 Å². The van der Waals surface area contributed by atoms with Crippen LogP contribution in [-0.4, -0.2) is 10.2 Å². The number of H-pyrrole nitrogens is 1. The number of aromatic nitrogens is 2. The first kappa shape index (κ1) is 8.05. The molecule has 1 heterocycles. The van der Waals surface area contributed by atoms with E-state index in [1.165, 1.54) is 16.8 Å². The van der Waals surface area contributed by atoms with Gasteiger partial charge in [-0.3, -0.25) is 5.10 Å². The lowest BCUT2D eigenvalue weighted by Crippen LogP contribution is -1.78. The first-order chi connectivity index (χ1) is 6.42. The molecule has 0 amide bonds. The molecule has 0 spiro atoms. The van der Waals surface area contributed by atoms with Crippen LogP contribution in [0.25, 0.3) is 5.57 Å². The standard InChI is InChI=1S/C11H12N2/c1-2-3-4-5-9-6-7-10-8-12-13-11(9)10/h2-6,8H,7H2,1H3,(H,12,13)/b3-2-,5-4-. The fourth-order valence-electron chi connectivity index (χ4n) is 1.46. The molecule has 2 heteroatoms. The number of nitrogens with one attached hydrogen (secondary N) is 1. The summed E-state index contributed by atoms with van der Waals surface area (Å²) in [5, 5.41) is 7.01. The molecule has 0 aromatic carbocycles. The van der Waals surface area contributed by atoms with E-state index in [2.05, 4.69) is 22.3 Å². The molecule has 0 atom stereocenters. The third kappa shape index (κ3) is 1.47. The van der Waals surface area contributed by atoms with Gasteiger partial charge in [0.2, 0.25) is 0 Å². The molecular formula is C11H12N2. The van der Waals surface area contributed by atoms with Crippen molar-refractivity contribution in [1.29, 1.82) is 0 Å². The second-order valence-electron chi connectivity index (χ2n) is 3.02. The van der Waals surface area contributed by atoms with Gasteiger partial charge in [-0.25, -0.2) is 0 Å². The molecule has 1 aliphatic carbocycles. The number of aromatic amines is 1. The number of fused-ring (bicyclic) bond motifs is 1. The average molecular weight is 172 g/mol. The third-order valence-electron chi connectivity index (χ3n) is 2.13. The molecule has 0 fully saturated rings. The van der Waals surface area contributed by atoms with Crippen LogP contribution in [0.2, 0.25) is 0 Å². The Labute approximate surface area is 77.7 Å². The van der Waals surface area contributed by atoms with Gasteiger partial charge in [-0.05, 0) is 18.9 Å². The maximum absolute atomic E-state index is 4.00. The molecule has 0 radical (unpaired) electrons. The molecule has 0 bridgehead atoms. The summed E-state index contributed by atoms with van der Waals surface area (Å²) in [6.45, 7) is 2.01. The molecule has 0 saturated carbocycles. The van der Waals surface area contributed by atoms with Crippen LogP contribution in [0.4, 0.5) is 0 Å². The maximum atomic E-state index is 4.00. The number of hydrogen-bond donors (Lipinski definition) is 1. The summed E-state index contributed by atoms with van der Waals surface area (Å²) >= 11 is 0. The van der Waals surface area contributed by atoms with Gasteiger partial charge in [-0.1, -0.05) is 30.4 Å². The summed E-state index contributed by atoms with van der Waals surface area (Å²) in [6, 6.07) is 0. The highest BCUT2D eigenvalue weighted by Crippen LogP contribution is 2.25. The van der Waals surface area contributed by atoms with E-state index in [0.29, 0.717) is 0 Å². The van der Waals surface area contributed by atoms with Crippen LogP contribution in [0.5, 0.6) is 0 Å². The molecule has 1 aromatic heterocycles. The normalized spacial score (nSPS) is 15.6. The van der Waals surface area contributed by atoms with E-state index in [0.717, 1.165) is 6.42 Å². The highest BCUT2D eigenvalue weighted by Gasteiger charge is 2.12. The van der Waals surface area contributed by atoms with Gasteiger partial charge in [-0.2, -0.15) is 5.10 Å². The van der Waals surface area contributed by atoms with Crippen molar-refractivity contribution in [1.82, 2.24) is 10.2 Å². The summed E-state index contributed by atoms with van der Waals surface area (Å²) in [5.74, 6) is 0. The van der Waals surface area contributed by atoms with Crippen molar-refractivity contribution < 1.29 is 0 Å². The Kier molecular flexibility index (Phi) is 2.13. The molecule has 0 aliphatic heterocycles. The van der Waals surface area contributed by atoms with Gasteiger partial charge in [0.05, 0.1) is 11.9 Å². The van der Waals surface area contributed by atoms with Crippen molar-refractivity contribution in [3.05, 3.63) is 47.8 Å². The van der Waals surface area contributed by atoms with E-state index in [-0.39, 0.29) is 0 Å². The van der Waals surface area contributed by atoms with Crippen molar-refractivity contribution in [3.8, 4) is 0 Å². The smallest absolute Gasteiger partial charge is 0.0682 e. The highest BCUT2D eigenvalue weighted by atomic mass is 15.1. The summed E-state index contributed by atoms with van der Waals surface area (Å²) in [5.41, 5.74) is 3.70. The second-order valence-corrected chi connectivity index (χ2v) is 3.02. The minimum absolute atomic E-state index is 1.00. The van der Waals surface area contributed by atoms with E-state index in [1.807, 2.05) is 31.3 Å². The van der Waals surface area contributed by atoms with Gasteiger partial charge in [0.15, 0.2) is 0 Å². The monoisotopic (exact) mass is 172 g/mol. The van der Waals surface area contributed by atoms with Gasteiger partial charge in [0.25, 0.3) is 0 Å². The lowest BCUT2D eigenvalue weighted by atomic mass is 10.2. The second kappa shape index (κ2) is 3.44. The summed E-state index contributed by atoms with van der Waals surface area (Å²) < 4.78 is 0. The lowest BCUT2D eigenvalue weighted by Gasteiger charge is -1.91. The van der Waals surface area contributed by atoms with Gasteiger partial charge >= 0.3 is 0 Å². The Morgan fingerprint density at radius 2 is 2.38 bits per heavy atom. The van der Waals surface area contributed by atoms with E-state index in [1.54, 1.807) is 0 Å². The van der Waals surface area contributed by atoms with E-state index in [4.69, 9.17) is 0 Å². The van der Waals surface area contributed by atoms with Crippen molar-refractivity contribution in [2.45, 2.75) is 13.3 Å². The van der Waals surface area contributed by atoms with Gasteiger partial charge in [-0.15, -0.1) is 0 Å². The van der Waals surface area contributed by atoms with Crippen LogP contribution in [0.15, 0.2) is 36.6 Å². The minimum Gasteiger partial charge on any atom is -0.278 e. The molecule has 13 heavy (non-hydrogen) atoms. The quantitative estimate of drug-likeness (QED) is 0.682. The zero-order valence-electron chi connectivity index (χ0n) is 7.62. The van der Waals surface area contributed by atoms with Crippen molar-refractivity contribution >= 4 is 5.57 Å². The molecule has 2 nitrogen and oxygen atoms in total. The molecule has 66 valence electrons. The highest BCUT2D eigenvalue weighted by molar-refractivity contribution is 5.77. The SMILES string of the molecule is C/C=C\C=C/C1=CCc2cn[nH]c21. The minimum atomic E-state index is 1.00. The molecule has 1 aliphatic rings. The van der Waals surface area contributed by atoms with Crippen LogP contribution < -0.4 is 0 Å². The fourth-order valence-corrected chi connectivity index (χ4v) is 1.46. The van der Waals surface area contributed by atoms with Crippen LogP contribution in [0, 0.1) is 0 Å². The first-order valence-corrected chi connectivity index (χ1v) is 4.44.